The summed E-state index contributed by atoms with van der Waals surface area (Å²) in [6.07, 6.45) is 3.49. The van der Waals surface area contributed by atoms with Gasteiger partial charge in [-0.3, -0.25) is 20.4 Å². The molecule has 0 spiro atoms. The van der Waals surface area contributed by atoms with Crippen molar-refractivity contribution in [3.8, 4) is 0 Å². The van der Waals surface area contributed by atoms with Crippen LogP contribution in [-0.2, 0) is 17.6 Å². The lowest BCUT2D eigenvalue weighted by Gasteiger charge is -2.13. The van der Waals surface area contributed by atoms with E-state index in [-0.39, 0.29) is 17.6 Å². The summed E-state index contributed by atoms with van der Waals surface area (Å²) >= 11 is 1.48. The van der Waals surface area contributed by atoms with Gasteiger partial charge in [-0.1, -0.05) is 12.1 Å². The Bertz CT molecular complexity index is 820. The summed E-state index contributed by atoms with van der Waals surface area (Å²) in [7, 11) is 3.82. The topological polar surface area (TPSA) is 61.4 Å². The van der Waals surface area contributed by atoms with E-state index in [9.17, 15) is 9.59 Å². The van der Waals surface area contributed by atoms with E-state index in [1.807, 2.05) is 31.1 Å². The van der Waals surface area contributed by atoms with Gasteiger partial charge >= 0.3 is 0 Å². The van der Waals surface area contributed by atoms with Gasteiger partial charge in [-0.05, 0) is 60.7 Å². The molecular formula is C20H23N3O2S. The molecule has 26 heavy (non-hydrogen) atoms. The van der Waals surface area contributed by atoms with Crippen LogP contribution in [0.5, 0.6) is 0 Å². The van der Waals surface area contributed by atoms with Crippen LogP contribution in [0.4, 0.5) is 5.69 Å². The normalized spacial score (nSPS) is 12.4. The molecule has 0 aliphatic heterocycles. The first kappa shape index (κ1) is 18.3. The molecule has 2 N–H and O–H groups in total. The Labute approximate surface area is 158 Å². The number of rotatable bonds is 5. The fraction of sp³-hybridized carbons (Fsp3) is 0.300. The molecule has 2 amide bonds. The number of aryl methyl sites for hydroxylation is 2. The van der Waals surface area contributed by atoms with E-state index in [0.717, 1.165) is 23.4 Å². The standard InChI is InChI=1S/C20H23N3O2S/c1-23(2)17-8-4-7-16(11-17)20(25)22-21-19(24)13-26-18-10-9-14-5-3-6-15(14)12-18/h4,7-12H,3,5-6,13H2,1-2H3,(H,21,24)(H,22,25). The van der Waals surface area contributed by atoms with E-state index < -0.39 is 0 Å². The van der Waals surface area contributed by atoms with Crippen molar-refractivity contribution in [1.29, 1.82) is 0 Å². The molecule has 0 radical (unpaired) electrons. The summed E-state index contributed by atoms with van der Waals surface area (Å²) in [5.74, 6) is -0.297. The van der Waals surface area contributed by atoms with Gasteiger partial charge in [0.05, 0.1) is 5.75 Å². The fourth-order valence-electron chi connectivity index (χ4n) is 2.95. The molecule has 0 bridgehead atoms. The number of nitrogens with zero attached hydrogens (tertiary/aromatic N) is 1. The molecular weight excluding hydrogens is 346 g/mol. The highest BCUT2D eigenvalue weighted by atomic mass is 32.2. The highest BCUT2D eigenvalue weighted by Gasteiger charge is 2.12. The highest BCUT2D eigenvalue weighted by molar-refractivity contribution is 8.00. The quantitative estimate of drug-likeness (QED) is 0.628. The van der Waals surface area contributed by atoms with Crippen molar-refractivity contribution in [3.63, 3.8) is 0 Å². The molecule has 0 aromatic heterocycles. The predicted molar refractivity (Wildman–Crippen MR) is 106 cm³/mol. The first-order chi connectivity index (χ1) is 12.5. The smallest absolute Gasteiger partial charge is 0.269 e. The average Bonchev–Trinajstić information content (AvgIpc) is 3.12. The van der Waals surface area contributed by atoms with Crippen LogP contribution in [0, 0.1) is 0 Å². The number of thioether (sulfide) groups is 1. The van der Waals surface area contributed by atoms with Crippen LogP contribution in [0.25, 0.3) is 0 Å². The maximum absolute atomic E-state index is 12.2. The summed E-state index contributed by atoms with van der Waals surface area (Å²) in [5, 5.41) is 0. The van der Waals surface area contributed by atoms with Crippen molar-refractivity contribution in [1.82, 2.24) is 10.9 Å². The highest BCUT2D eigenvalue weighted by Crippen LogP contribution is 2.27. The Balaban J connectivity index is 1.48. The molecule has 6 heteroatoms. The van der Waals surface area contributed by atoms with Gasteiger partial charge in [0.2, 0.25) is 5.91 Å². The molecule has 5 nitrogen and oxygen atoms in total. The second-order valence-corrected chi connectivity index (χ2v) is 7.57. The third kappa shape index (κ3) is 4.58. The Morgan fingerprint density at radius 2 is 1.85 bits per heavy atom. The van der Waals surface area contributed by atoms with Crippen molar-refractivity contribution in [2.45, 2.75) is 24.2 Å². The second kappa shape index (κ2) is 8.27. The van der Waals surface area contributed by atoms with Crippen LogP contribution in [-0.4, -0.2) is 31.7 Å². The summed E-state index contributed by atoms with van der Waals surface area (Å²) < 4.78 is 0. The molecule has 0 unspecified atom stereocenters. The Kier molecular flexibility index (Phi) is 5.83. The van der Waals surface area contributed by atoms with E-state index in [2.05, 4.69) is 29.1 Å². The number of amides is 2. The summed E-state index contributed by atoms with van der Waals surface area (Å²) in [4.78, 5) is 27.2. The predicted octanol–water partition coefficient (Wildman–Crippen LogP) is 2.79. The SMILES string of the molecule is CN(C)c1cccc(C(=O)NNC(=O)CSc2ccc3c(c2)CCC3)c1. The first-order valence-corrected chi connectivity index (χ1v) is 9.62. The zero-order valence-corrected chi connectivity index (χ0v) is 15.9. The van der Waals surface area contributed by atoms with E-state index in [0.29, 0.717) is 5.56 Å². The third-order valence-corrected chi connectivity index (χ3v) is 5.37. The van der Waals surface area contributed by atoms with E-state index in [4.69, 9.17) is 0 Å². The van der Waals surface area contributed by atoms with Crippen molar-refractivity contribution < 1.29 is 9.59 Å². The minimum atomic E-state index is -0.329. The van der Waals surface area contributed by atoms with Gasteiger partial charge in [-0.2, -0.15) is 0 Å². The maximum atomic E-state index is 12.2. The number of hydrazine groups is 1. The van der Waals surface area contributed by atoms with Gasteiger partial charge in [0, 0.05) is 30.2 Å². The number of hydrogen-bond acceptors (Lipinski definition) is 4. The van der Waals surface area contributed by atoms with E-state index in [1.54, 1.807) is 12.1 Å². The molecule has 0 atom stereocenters. The molecule has 3 rings (SSSR count). The lowest BCUT2D eigenvalue weighted by Crippen LogP contribution is -2.42. The molecule has 0 heterocycles. The molecule has 0 fully saturated rings. The minimum Gasteiger partial charge on any atom is -0.378 e. The van der Waals surface area contributed by atoms with Crippen molar-refractivity contribution >= 4 is 29.3 Å². The monoisotopic (exact) mass is 369 g/mol. The van der Waals surface area contributed by atoms with E-state index >= 15 is 0 Å². The molecule has 2 aromatic carbocycles. The fourth-order valence-corrected chi connectivity index (χ4v) is 3.71. The largest absolute Gasteiger partial charge is 0.378 e. The summed E-state index contributed by atoms with van der Waals surface area (Å²) in [6.45, 7) is 0. The van der Waals surface area contributed by atoms with Crippen molar-refractivity contribution in [2.75, 3.05) is 24.7 Å². The zero-order chi connectivity index (χ0) is 18.5. The first-order valence-electron chi connectivity index (χ1n) is 8.64. The van der Waals surface area contributed by atoms with Gasteiger partial charge in [0.1, 0.15) is 0 Å². The third-order valence-electron chi connectivity index (χ3n) is 4.38. The lowest BCUT2D eigenvalue weighted by atomic mass is 10.1. The molecule has 2 aromatic rings. The van der Waals surface area contributed by atoms with Crippen LogP contribution in [0.1, 0.15) is 27.9 Å². The average molecular weight is 369 g/mol. The number of benzene rings is 2. The number of anilines is 1. The Morgan fingerprint density at radius 3 is 2.65 bits per heavy atom. The number of fused-ring (bicyclic) bond motifs is 1. The number of hydrogen-bond donors (Lipinski definition) is 2. The summed E-state index contributed by atoms with van der Waals surface area (Å²) in [6, 6.07) is 13.6. The number of carbonyl (C=O) groups is 2. The van der Waals surface area contributed by atoms with Gasteiger partial charge in [-0.15, -0.1) is 11.8 Å². The van der Waals surface area contributed by atoms with Gasteiger partial charge in [0.25, 0.3) is 5.91 Å². The second-order valence-electron chi connectivity index (χ2n) is 6.52. The molecule has 1 aliphatic rings. The van der Waals surface area contributed by atoms with Crippen LogP contribution in [0.2, 0.25) is 0 Å². The van der Waals surface area contributed by atoms with Crippen LogP contribution < -0.4 is 15.8 Å². The Hall–Kier alpha value is -2.47. The molecule has 136 valence electrons. The van der Waals surface area contributed by atoms with Crippen molar-refractivity contribution in [2.24, 2.45) is 0 Å². The van der Waals surface area contributed by atoms with E-state index in [1.165, 1.54) is 29.3 Å². The molecule has 0 saturated heterocycles. The molecule has 0 saturated carbocycles. The summed E-state index contributed by atoms with van der Waals surface area (Å²) in [5.41, 5.74) is 9.20. The number of nitrogens with one attached hydrogen (secondary N) is 2. The lowest BCUT2D eigenvalue weighted by molar-refractivity contribution is -0.119. The van der Waals surface area contributed by atoms with Crippen LogP contribution in [0.3, 0.4) is 0 Å². The van der Waals surface area contributed by atoms with Crippen molar-refractivity contribution in [3.05, 3.63) is 59.2 Å². The zero-order valence-electron chi connectivity index (χ0n) is 15.0. The van der Waals surface area contributed by atoms with Gasteiger partial charge in [0.15, 0.2) is 0 Å². The minimum absolute atomic E-state index is 0.229. The van der Waals surface area contributed by atoms with Crippen LogP contribution in [0.15, 0.2) is 47.4 Å². The molecule has 1 aliphatic carbocycles. The van der Waals surface area contributed by atoms with Crippen LogP contribution >= 0.6 is 11.8 Å². The Morgan fingerprint density at radius 1 is 1.04 bits per heavy atom. The van der Waals surface area contributed by atoms with Gasteiger partial charge < -0.3 is 4.90 Å². The maximum Gasteiger partial charge on any atom is 0.269 e. The van der Waals surface area contributed by atoms with Gasteiger partial charge in [-0.25, -0.2) is 0 Å². The number of carbonyl (C=O) groups excluding carboxylic acids is 2.